The van der Waals surface area contributed by atoms with Crippen molar-refractivity contribution in [3.63, 3.8) is 0 Å². The summed E-state index contributed by atoms with van der Waals surface area (Å²) in [4.78, 5) is 10.8. The average molecular weight is 242 g/mol. The normalized spacial score (nSPS) is 10.9. The lowest BCUT2D eigenvalue weighted by Gasteiger charge is -1.99. The highest BCUT2D eigenvalue weighted by atomic mass is 16.5. The first kappa shape index (κ1) is 16.2. The van der Waals surface area contributed by atoms with Crippen molar-refractivity contribution in [2.24, 2.45) is 0 Å². The first-order valence-corrected chi connectivity index (χ1v) is 6.64. The average Bonchev–Trinajstić information content (AvgIpc) is 2.35. The van der Waals surface area contributed by atoms with Crippen molar-refractivity contribution < 1.29 is 14.6 Å². The van der Waals surface area contributed by atoms with Gasteiger partial charge in [-0.25, -0.2) is 0 Å². The zero-order chi connectivity index (χ0) is 12.8. The van der Waals surface area contributed by atoms with Gasteiger partial charge in [-0.05, 0) is 38.5 Å². The smallest absolute Gasteiger partial charge is 0.305 e. The van der Waals surface area contributed by atoms with Gasteiger partial charge in [0.2, 0.25) is 0 Å². The highest BCUT2D eigenvalue weighted by molar-refractivity contribution is 5.68. The molecule has 0 bridgehead atoms. The van der Waals surface area contributed by atoms with Crippen molar-refractivity contribution >= 4 is 5.97 Å². The Balaban J connectivity index is 3.10. The standard InChI is InChI=1S/C14H26O3/c1-17-14(16)12-10-8-6-4-2-3-5-7-9-11-13-15/h3,5,15H,2,4,6-13H2,1H3. The third-order valence-electron chi connectivity index (χ3n) is 2.67. The van der Waals surface area contributed by atoms with Crippen LogP contribution in [0.3, 0.4) is 0 Å². The van der Waals surface area contributed by atoms with Gasteiger partial charge in [-0.1, -0.05) is 25.0 Å². The van der Waals surface area contributed by atoms with Gasteiger partial charge in [0.25, 0.3) is 0 Å². The fourth-order valence-corrected chi connectivity index (χ4v) is 1.60. The molecule has 0 heterocycles. The molecule has 0 aliphatic carbocycles. The number of methoxy groups -OCH3 is 1. The van der Waals surface area contributed by atoms with Crippen LogP contribution in [0, 0.1) is 0 Å². The Morgan fingerprint density at radius 1 is 1.00 bits per heavy atom. The monoisotopic (exact) mass is 242 g/mol. The molecule has 0 aliphatic heterocycles. The molecule has 17 heavy (non-hydrogen) atoms. The Bertz CT molecular complexity index is 200. The van der Waals surface area contributed by atoms with Gasteiger partial charge < -0.3 is 9.84 Å². The number of ether oxygens (including phenoxy) is 1. The van der Waals surface area contributed by atoms with Crippen molar-refractivity contribution in [3.05, 3.63) is 12.2 Å². The Morgan fingerprint density at radius 2 is 1.59 bits per heavy atom. The summed E-state index contributed by atoms with van der Waals surface area (Å²) in [6.45, 7) is 0.300. The predicted octanol–water partition coefficient (Wildman–Crippen LogP) is 3.22. The molecule has 0 rings (SSSR count). The minimum Gasteiger partial charge on any atom is -0.469 e. The maximum absolute atomic E-state index is 10.8. The molecule has 100 valence electrons. The molecule has 0 aliphatic rings. The van der Waals surface area contributed by atoms with E-state index in [4.69, 9.17) is 5.11 Å². The highest BCUT2D eigenvalue weighted by Crippen LogP contribution is 2.07. The van der Waals surface area contributed by atoms with Crippen LogP contribution in [0.2, 0.25) is 0 Å². The first-order valence-electron chi connectivity index (χ1n) is 6.64. The summed E-state index contributed by atoms with van der Waals surface area (Å²) in [5, 5.41) is 8.59. The molecule has 3 heteroatoms. The van der Waals surface area contributed by atoms with E-state index in [2.05, 4.69) is 16.9 Å². The minimum atomic E-state index is -0.103. The molecule has 0 fully saturated rings. The van der Waals surface area contributed by atoms with Gasteiger partial charge in [0.15, 0.2) is 0 Å². The Kier molecular flexibility index (Phi) is 12.6. The summed E-state index contributed by atoms with van der Waals surface area (Å²) in [6, 6.07) is 0. The molecule has 0 radical (unpaired) electrons. The number of esters is 1. The van der Waals surface area contributed by atoms with Crippen molar-refractivity contribution in [3.8, 4) is 0 Å². The van der Waals surface area contributed by atoms with Crippen molar-refractivity contribution in [1.29, 1.82) is 0 Å². The molecule has 0 spiro atoms. The molecular formula is C14H26O3. The van der Waals surface area contributed by atoms with Crippen LogP contribution in [0.1, 0.15) is 57.8 Å². The highest BCUT2D eigenvalue weighted by Gasteiger charge is 1.98. The van der Waals surface area contributed by atoms with Gasteiger partial charge >= 0.3 is 5.97 Å². The van der Waals surface area contributed by atoms with Crippen LogP contribution in [-0.2, 0) is 9.53 Å². The van der Waals surface area contributed by atoms with E-state index in [1.54, 1.807) is 0 Å². The topological polar surface area (TPSA) is 46.5 Å². The lowest BCUT2D eigenvalue weighted by atomic mass is 10.1. The van der Waals surface area contributed by atoms with Crippen molar-refractivity contribution in [1.82, 2.24) is 0 Å². The number of hydrogen-bond acceptors (Lipinski definition) is 3. The summed E-state index contributed by atoms with van der Waals surface area (Å²) in [5.41, 5.74) is 0. The number of carbonyl (C=O) groups excluding carboxylic acids is 1. The van der Waals surface area contributed by atoms with Crippen LogP contribution in [-0.4, -0.2) is 24.8 Å². The van der Waals surface area contributed by atoms with E-state index in [-0.39, 0.29) is 5.97 Å². The number of hydrogen-bond donors (Lipinski definition) is 1. The van der Waals surface area contributed by atoms with E-state index >= 15 is 0 Å². The summed E-state index contributed by atoms with van der Waals surface area (Å²) >= 11 is 0. The van der Waals surface area contributed by atoms with Crippen LogP contribution >= 0.6 is 0 Å². The molecule has 0 atom stereocenters. The number of carbonyl (C=O) groups is 1. The van der Waals surface area contributed by atoms with Crippen LogP contribution < -0.4 is 0 Å². The van der Waals surface area contributed by atoms with Crippen LogP contribution in [0.25, 0.3) is 0 Å². The third kappa shape index (κ3) is 13.1. The van der Waals surface area contributed by atoms with Crippen LogP contribution in [0.4, 0.5) is 0 Å². The minimum absolute atomic E-state index is 0.103. The number of unbranched alkanes of at least 4 members (excludes halogenated alkanes) is 6. The van der Waals surface area contributed by atoms with E-state index < -0.39 is 0 Å². The molecule has 0 saturated heterocycles. The maximum Gasteiger partial charge on any atom is 0.305 e. The van der Waals surface area contributed by atoms with Crippen molar-refractivity contribution in [2.45, 2.75) is 57.8 Å². The summed E-state index contributed by atoms with van der Waals surface area (Å²) in [5.74, 6) is -0.103. The van der Waals surface area contributed by atoms with Crippen molar-refractivity contribution in [2.75, 3.05) is 13.7 Å². The third-order valence-corrected chi connectivity index (χ3v) is 2.67. The van der Waals surface area contributed by atoms with Crippen LogP contribution in [0.15, 0.2) is 12.2 Å². The Labute approximate surface area is 105 Å². The van der Waals surface area contributed by atoms with E-state index in [0.717, 1.165) is 38.5 Å². The zero-order valence-corrected chi connectivity index (χ0v) is 11.0. The Morgan fingerprint density at radius 3 is 2.18 bits per heavy atom. The second-order valence-electron chi connectivity index (χ2n) is 4.22. The van der Waals surface area contributed by atoms with E-state index in [0.29, 0.717) is 13.0 Å². The first-order chi connectivity index (χ1) is 8.31. The number of allylic oxidation sites excluding steroid dienone is 2. The lowest BCUT2D eigenvalue weighted by Crippen LogP contribution is -1.98. The fraction of sp³-hybridized carbons (Fsp3) is 0.786. The van der Waals surface area contributed by atoms with E-state index in [1.807, 2.05) is 0 Å². The summed E-state index contributed by atoms with van der Waals surface area (Å²) in [7, 11) is 1.43. The molecule has 3 nitrogen and oxygen atoms in total. The molecule has 0 aromatic heterocycles. The maximum atomic E-state index is 10.8. The second kappa shape index (κ2) is 13.2. The molecule has 0 amide bonds. The molecule has 0 saturated carbocycles. The molecule has 1 N–H and O–H groups in total. The summed E-state index contributed by atoms with van der Waals surface area (Å²) in [6.07, 6.45) is 13.6. The second-order valence-corrected chi connectivity index (χ2v) is 4.22. The number of aliphatic hydroxyl groups is 1. The predicted molar refractivity (Wildman–Crippen MR) is 69.8 cm³/mol. The zero-order valence-electron chi connectivity index (χ0n) is 11.0. The molecular weight excluding hydrogens is 216 g/mol. The summed E-state index contributed by atoms with van der Waals surface area (Å²) < 4.78 is 4.57. The largest absolute Gasteiger partial charge is 0.469 e. The molecule has 0 unspecified atom stereocenters. The Hall–Kier alpha value is -0.830. The number of rotatable bonds is 11. The SMILES string of the molecule is COC(=O)CCCCCCC=CCCCCO. The van der Waals surface area contributed by atoms with Gasteiger partial charge in [-0.15, -0.1) is 0 Å². The van der Waals surface area contributed by atoms with Gasteiger partial charge in [-0.3, -0.25) is 4.79 Å². The van der Waals surface area contributed by atoms with Crippen LogP contribution in [0.5, 0.6) is 0 Å². The quantitative estimate of drug-likeness (QED) is 0.344. The van der Waals surface area contributed by atoms with Gasteiger partial charge in [-0.2, -0.15) is 0 Å². The molecule has 0 aromatic rings. The van der Waals surface area contributed by atoms with Gasteiger partial charge in [0, 0.05) is 13.0 Å². The lowest BCUT2D eigenvalue weighted by molar-refractivity contribution is -0.140. The van der Waals surface area contributed by atoms with Gasteiger partial charge in [0.1, 0.15) is 0 Å². The fourth-order valence-electron chi connectivity index (χ4n) is 1.60. The number of aliphatic hydroxyl groups excluding tert-OH is 1. The van der Waals surface area contributed by atoms with Gasteiger partial charge in [0.05, 0.1) is 7.11 Å². The van der Waals surface area contributed by atoms with E-state index in [1.165, 1.54) is 20.0 Å². The van der Waals surface area contributed by atoms with E-state index in [9.17, 15) is 4.79 Å². The molecule has 0 aromatic carbocycles.